The molecule has 5 heteroatoms. The van der Waals surface area contributed by atoms with E-state index >= 15 is 0 Å². The maximum atomic E-state index is 12.1. The number of hydrogen-bond donors (Lipinski definition) is 0. The Balaban J connectivity index is 2.22. The van der Waals surface area contributed by atoms with Crippen LogP contribution < -0.4 is 0 Å². The molecule has 1 saturated heterocycles. The molecular weight excluding hydrogens is 242 g/mol. The summed E-state index contributed by atoms with van der Waals surface area (Å²) in [5.74, 6) is 0.271. The Morgan fingerprint density at radius 3 is 3.00 bits per heavy atom. The first kappa shape index (κ1) is 12.1. The zero-order valence-corrected chi connectivity index (χ0v) is 11.1. The van der Waals surface area contributed by atoms with E-state index in [1.807, 2.05) is 18.4 Å². The number of nitrogens with zero attached hydrogens (tertiary/aromatic N) is 1. The van der Waals surface area contributed by atoms with E-state index in [0.29, 0.717) is 13.0 Å². The molecule has 0 spiro atoms. The minimum Gasteiger partial charge on any atom is -0.212 e. The van der Waals surface area contributed by atoms with E-state index in [2.05, 4.69) is 5.38 Å². The molecule has 2 heterocycles. The maximum Gasteiger partial charge on any atom is 0.214 e. The SMILES string of the molecule is CCCS(=O)(=O)N1CCCC1c1ccsc1. The molecule has 1 aromatic heterocycles. The summed E-state index contributed by atoms with van der Waals surface area (Å²) in [5, 5.41) is 4.07. The first-order valence-corrected chi connectivity index (χ1v) is 8.22. The molecule has 0 bridgehead atoms. The van der Waals surface area contributed by atoms with E-state index in [9.17, 15) is 8.42 Å². The molecule has 16 heavy (non-hydrogen) atoms. The number of hydrogen-bond acceptors (Lipinski definition) is 3. The summed E-state index contributed by atoms with van der Waals surface area (Å²) in [6.07, 6.45) is 2.62. The summed E-state index contributed by atoms with van der Waals surface area (Å²) in [5.41, 5.74) is 1.15. The van der Waals surface area contributed by atoms with Gasteiger partial charge in [0.2, 0.25) is 10.0 Å². The van der Waals surface area contributed by atoms with E-state index in [4.69, 9.17) is 0 Å². The van der Waals surface area contributed by atoms with Crippen LogP contribution in [0.2, 0.25) is 0 Å². The largest absolute Gasteiger partial charge is 0.214 e. The van der Waals surface area contributed by atoms with Gasteiger partial charge < -0.3 is 0 Å². The van der Waals surface area contributed by atoms with Crippen LogP contribution >= 0.6 is 11.3 Å². The van der Waals surface area contributed by atoms with Crippen molar-refractivity contribution in [2.45, 2.75) is 32.2 Å². The summed E-state index contributed by atoms with van der Waals surface area (Å²) >= 11 is 1.63. The van der Waals surface area contributed by atoms with Crippen molar-refractivity contribution in [1.82, 2.24) is 4.31 Å². The summed E-state index contributed by atoms with van der Waals surface area (Å²) in [6.45, 7) is 2.59. The smallest absolute Gasteiger partial charge is 0.212 e. The fraction of sp³-hybridized carbons (Fsp3) is 0.636. The van der Waals surface area contributed by atoms with Gasteiger partial charge in [0, 0.05) is 6.54 Å². The summed E-state index contributed by atoms with van der Waals surface area (Å²) in [6, 6.07) is 2.12. The molecule has 0 amide bonds. The lowest BCUT2D eigenvalue weighted by Gasteiger charge is -2.23. The minimum atomic E-state index is -3.05. The van der Waals surface area contributed by atoms with Crippen molar-refractivity contribution in [3.05, 3.63) is 22.4 Å². The maximum absolute atomic E-state index is 12.1. The molecule has 0 saturated carbocycles. The molecule has 1 aliphatic heterocycles. The van der Waals surface area contributed by atoms with Gasteiger partial charge in [-0.1, -0.05) is 6.92 Å². The lowest BCUT2D eigenvalue weighted by atomic mass is 10.1. The molecule has 1 fully saturated rings. The Kier molecular flexibility index (Phi) is 3.66. The molecule has 0 aliphatic carbocycles. The Hall–Kier alpha value is -0.390. The number of sulfonamides is 1. The van der Waals surface area contributed by atoms with Crippen LogP contribution in [-0.2, 0) is 10.0 Å². The van der Waals surface area contributed by atoms with Crippen molar-refractivity contribution >= 4 is 21.4 Å². The molecule has 90 valence electrons. The Morgan fingerprint density at radius 2 is 2.38 bits per heavy atom. The number of thiophene rings is 1. The molecule has 2 rings (SSSR count). The molecule has 3 nitrogen and oxygen atoms in total. The predicted octanol–water partition coefficient (Wildman–Crippen LogP) is 2.62. The Bertz CT molecular complexity index is 425. The van der Waals surface area contributed by atoms with Crippen LogP contribution in [0, 0.1) is 0 Å². The van der Waals surface area contributed by atoms with Crippen molar-refractivity contribution < 1.29 is 8.42 Å². The van der Waals surface area contributed by atoms with Gasteiger partial charge in [-0.15, -0.1) is 0 Å². The van der Waals surface area contributed by atoms with Crippen LogP contribution in [0.5, 0.6) is 0 Å². The van der Waals surface area contributed by atoms with Crippen molar-refractivity contribution in [3.63, 3.8) is 0 Å². The van der Waals surface area contributed by atoms with Crippen LogP contribution in [0.4, 0.5) is 0 Å². The van der Waals surface area contributed by atoms with Gasteiger partial charge in [0.1, 0.15) is 0 Å². The summed E-state index contributed by atoms with van der Waals surface area (Å²) < 4.78 is 25.8. The highest BCUT2D eigenvalue weighted by Crippen LogP contribution is 2.35. The van der Waals surface area contributed by atoms with Crippen molar-refractivity contribution in [2.24, 2.45) is 0 Å². The second-order valence-electron chi connectivity index (χ2n) is 4.14. The molecule has 1 atom stereocenters. The van der Waals surface area contributed by atoms with Gasteiger partial charge in [-0.3, -0.25) is 0 Å². The lowest BCUT2D eigenvalue weighted by Crippen LogP contribution is -2.32. The average molecular weight is 259 g/mol. The van der Waals surface area contributed by atoms with E-state index in [1.165, 1.54) is 0 Å². The topological polar surface area (TPSA) is 37.4 Å². The van der Waals surface area contributed by atoms with Crippen molar-refractivity contribution in [1.29, 1.82) is 0 Å². The van der Waals surface area contributed by atoms with Crippen LogP contribution in [0.15, 0.2) is 16.8 Å². The van der Waals surface area contributed by atoms with Gasteiger partial charge in [0.05, 0.1) is 11.8 Å². The second-order valence-corrected chi connectivity index (χ2v) is 6.96. The first-order chi connectivity index (χ1) is 7.65. The standard InChI is InChI=1S/C11H17NO2S2/c1-2-8-16(13,14)12-6-3-4-11(12)10-5-7-15-9-10/h5,7,9,11H,2-4,6,8H2,1H3. The highest BCUT2D eigenvalue weighted by molar-refractivity contribution is 7.89. The zero-order chi connectivity index (χ0) is 11.6. The molecule has 0 aromatic carbocycles. The van der Waals surface area contributed by atoms with Gasteiger partial charge in [-0.25, -0.2) is 8.42 Å². The van der Waals surface area contributed by atoms with Gasteiger partial charge in [-0.05, 0) is 41.7 Å². The first-order valence-electron chi connectivity index (χ1n) is 5.67. The minimum absolute atomic E-state index is 0.0859. The second kappa shape index (κ2) is 4.85. The number of rotatable bonds is 4. The van der Waals surface area contributed by atoms with Crippen LogP contribution in [0.1, 0.15) is 37.8 Å². The third-order valence-electron chi connectivity index (χ3n) is 2.95. The Morgan fingerprint density at radius 1 is 1.56 bits per heavy atom. The average Bonchev–Trinajstić information content (AvgIpc) is 2.88. The monoisotopic (exact) mass is 259 g/mol. The fourth-order valence-corrected chi connectivity index (χ4v) is 4.73. The highest BCUT2D eigenvalue weighted by Gasteiger charge is 2.34. The summed E-state index contributed by atoms with van der Waals surface area (Å²) in [4.78, 5) is 0. The Labute approximate surface area is 101 Å². The van der Waals surface area contributed by atoms with Crippen molar-refractivity contribution in [3.8, 4) is 0 Å². The van der Waals surface area contributed by atoms with E-state index < -0.39 is 10.0 Å². The molecule has 1 aromatic rings. The van der Waals surface area contributed by atoms with Crippen LogP contribution in [0.25, 0.3) is 0 Å². The molecule has 1 aliphatic rings. The molecule has 0 radical (unpaired) electrons. The van der Waals surface area contributed by atoms with Crippen molar-refractivity contribution in [2.75, 3.05) is 12.3 Å². The predicted molar refractivity (Wildman–Crippen MR) is 67.1 cm³/mol. The zero-order valence-electron chi connectivity index (χ0n) is 9.43. The highest BCUT2D eigenvalue weighted by atomic mass is 32.2. The van der Waals surface area contributed by atoms with Gasteiger partial charge in [0.15, 0.2) is 0 Å². The van der Waals surface area contributed by atoms with Gasteiger partial charge >= 0.3 is 0 Å². The third kappa shape index (κ3) is 2.31. The van der Waals surface area contributed by atoms with E-state index in [0.717, 1.165) is 18.4 Å². The fourth-order valence-electron chi connectivity index (χ4n) is 2.25. The third-order valence-corrected chi connectivity index (χ3v) is 5.73. The van der Waals surface area contributed by atoms with E-state index in [-0.39, 0.29) is 11.8 Å². The van der Waals surface area contributed by atoms with Gasteiger partial charge in [-0.2, -0.15) is 15.6 Å². The van der Waals surface area contributed by atoms with E-state index in [1.54, 1.807) is 15.6 Å². The molecular formula is C11H17NO2S2. The van der Waals surface area contributed by atoms with Gasteiger partial charge in [0.25, 0.3) is 0 Å². The normalized spacial score (nSPS) is 22.7. The summed E-state index contributed by atoms with van der Waals surface area (Å²) in [7, 11) is -3.05. The lowest BCUT2D eigenvalue weighted by molar-refractivity contribution is 0.397. The van der Waals surface area contributed by atoms with Crippen LogP contribution in [-0.4, -0.2) is 25.0 Å². The quantitative estimate of drug-likeness (QED) is 0.833. The molecule has 1 unspecified atom stereocenters. The molecule has 0 N–H and O–H groups in total. The van der Waals surface area contributed by atoms with Crippen LogP contribution in [0.3, 0.4) is 0 Å².